The highest BCUT2D eigenvalue weighted by Crippen LogP contribution is 2.01. The number of unbranched alkanes of at least 4 members (excludes halogenated alkanes) is 1. The molecule has 11 N–H and O–H groups in total. The molecule has 0 heterocycles. The van der Waals surface area contributed by atoms with E-state index in [2.05, 4.69) is 10.6 Å². The number of aliphatic hydroxyl groups excluding tert-OH is 1. The maximum atomic E-state index is 12.3. The van der Waals surface area contributed by atoms with Crippen LogP contribution in [0.3, 0.4) is 0 Å². The Balaban J connectivity index is 4.93. The van der Waals surface area contributed by atoms with E-state index < -0.39 is 66.3 Å². The number of aliphatic hydroxyl groups is 1. The Morgan fingerprint density at radius 2 is 1.53 bits per heavy atom. The number of primary amides is 1. The van der Waals surface area contributed by atoms with Gasteiger partial charge in [0, 0.05) is 0 Å². The first-order valence-electron chi connectivity index (χ1n) is 9.46. The lowest BCUT2D eigenvalue weighted by Crippen LogP contribution is -2.59. The molecule has 0 fully saturated rings. The molecule has 13 nitrogen and oxygen atoms in total. The third kappa shape index (κ3) is 10.1. The summed E-state index contributed by atoms with van der Waals surface area (Å²) in [6.07, 6.45) is -0.345. The normalized spacial score (nSPS) is 15.8. The van der Waals surface area contributed by atoms with E-state index in [4.69, 9.17) is 22.3 Å². The smallest absolute Gasteiger partial charge is 0.326 e. The van der Waals surface area contributed by atoms with Crippen molar-refractivity contribution < 1.29 is 34.2 Å². The molecule has 4 amide bonds. The average Bonchev–Trinajstić information content (AvgIpc) is 2.64. The van der Waals surface area contributed by atoms with Crippen LogP contribution in [0.15, 0.2) is 0 Å². The predicted octanol–water partition coefficient (Wildman–Crippen LogP) is -3.74. The molecular weight excluding hydrogens is 400 g/mol. The molecule has 0 aromatic heterocycles. The minimum Gasteiger partial charge on any atom is -0.480 e. The largest absolute Gasteiger partial charge is 0.480 e. The number of amides is 4. The monoisotopic (exact) mass is 432 g/mol. The molecule has 0 unspecified atom stereocenters. The van der Waals surface area contributed by atoms with Crippen molar-refractivity contribution in [1.82, 2.24) is 16.0 Å². The summed E-state index contributed by atoms with van der Waals surface area (Å²) in [6.45, 7) is 3.02. The summed E-state index contributed by atoms with van der Waals surface area (Å²) in [7, 11) is 0. The first-order valence-corrected chi connectivity index (χ1v) is 9.46. The second-order valence-corrected chi connectivity index (χ2v) is 6.92. The number of rotatable bonds is 14. The molecule has 5 atom stereocenters. The minimum absolute atomic E-state index is 0.381. The molecule has 0 saturated heterocycles. The van der Waals surface area contributed by atoms with Crippen molar-refractivity contribution in [2.75, 3.05) is 6.54 Å². The summed E-state index contributed by atoms with van der Waals surface area (Å²) in [5.41, 5.74) is 16.1. The van der Waals surface area contributed by atoms with Gasteiger partial charge in [0.2, 0.25) is 23.6 Å². The summed E-state index contributed by atoms with van der Waals surface area (Å²) in [5, 5.41) is 25.5. The summed E-state index contributed by atoms with van der Waals surface area (Å²) in [5.74, 6) is -4.88. The van der Waals surface area contributed by atoms with Gasteiger partial charge in [-0.25, -0.2) is 4.79 Å². The Morgan fingerprint density at radius 1 is 0.933 bits per heavy atom. The second kappa shape index (κ2) is 13.5. The molecule has 0 aliphatic rings. The molecule has 0 bridgehead atoms. The molecule has 30 heavy (non-hydrogen) atoms. The summed E-state index contributed by atoms with van der Waals surface area (Å²) in [6, 6.07) is -5.10. The number of nitrogens with two attached hydrogens (primary N) is 3. The fourth-order valence-electron chi connectivity index (χ4n) is 2.37. The van der Waals surface area contributed by atoms with Crippen LogP contribution in [0.5, 0.6) is 0 Å². The van der Waals surface area contributed by atoms with E-state index in [1.165, 1.54) is 13.8 Å². The number of aliphatic carboxylic acids is 1. The highest BCUT2D eigenvalue weighted by molar-refractivity contribution is 5.94. The number of carboxylic acid groups (broad SMARTS) is 1. The first-order chi connectivity index (χ1) is 13.9. The van der Waals surface area contributed by atoms with Gasteiger partial charge >= 0.3 is 5.97 Å². The number of hydrogen-bond acceptors (Lipinski definition) is 8. The Kier molecular flexibility index (Phi) is 12.2. The average molecular weight is 432 g/mol. The van der Waals surface area contributed by atoms with Gasteiger partial charge < -0.3 is 43.4 Å². The van der Waals surface area contributed by atoms with Crippen LogP contribution >= 0.6 is 0 Å². The summed E-state index contributed by atoms with van der Waals surface area (Å²) < 4.78 is 0. The Bertz CT molecular complexity index is 628. The van der Waals surface area contributed by atoms with Crippen molar-refractivity contribution in [3.63, 3.8) is 0 Å². The quantitative estimate of drug-likeness (QED) is 0.126. The lowest BCUT2D eigenvalue weighted by atomic mass is 10.1. The second-order valence-electron chi connectivity index (χ2n) is 6.92. The summed E-state index contributed by atoms with van der Waals surface area (Å²) in [4.78, 5) is 58.7. The van der Waals surface area contributed by atoms with Gasteiger partial charge in [0.1, 0.15) is 18.1 Å². The van der Waals surface area contributed by atoms with Crippen LogP contribution in [0.25, 0.3) is 0 Å². The fourth-order valence-corrected chi connectivity index (χ4v) is 2.37. The molecule has 0 saturated carbocycles. The highest BCUT2D eigenvalue weighted by atomic mass is 16.4. The Morgan fingerprint density at radius 3 is 2.00 bits per heavy atom. The van der Waals surface area contributed by atoms with Crippen molar-refractivity contribution in [1.29, 1.82) is 0 Å². The van der Waals surface area contributed by atoms with Gasteiger partial charge in [-0.05, 0) is 33.2 Å². The Hall–Kier alpha value is -2.77. The number of carbonyl (C=O) groups excluding carboxylic acids is 4. The van der Waals surface area contributed by atoms with Gasteiger partial charge in [0.05, 0.1) is 18.6 Å². The molecule has 0 aliphatic heterocycles. The van der Waals surface area contributed by atoms with E-state index in [1.54, 1.807) is 0 Å². The lowest BCUT2D eigenvalue weighted by Gasteiger charge is -2.25. The van der Waals surface area contributed by atoms with Crippen molar-refractivity contribution in [2.24, 2.45) is 17.2 Å². The highest BCUT2D eigenvalue weighted by Gasteiger charge is 2.32. The maximum Gasteiger partial charge on any atom is 0.326 e. The third-order valence-electron chi connectivity index (χ3n) is 4.14. The van der Waals surface area contributed by atoms with Crippen LogP contribution in [0.2, 0.25) is 0 Å². The van der Waals surface area contributed by atoms with Crippen molar-refractivity contribution in [3.8, 4) is 0 Å². The molecule has 13 heteroatoms. The van der Waals surface area contributed by atoms with Crippen LogP contribution < -0.4 is 33.2 Å². The van der Waals surface area contributed by atoms with Crippen LogP contribution in [-0.2, 0) is 24.0 Å². The number of hydrogen-bond donors (Lipinski definition) is 8. The topological polar surface area (TPSA) is 240 Å². The number of carboxylic acids is 1. The SMILES string of the molecule is C[C@H](NC(=O)[C@@H](N)CCCCN)C(=O)N[C@H](C(=O)N[C@@H](CC(N)=O)C(=O)O)[C@@H](C)O. The van der Waals surface area contributed by atoms with Crippen molar-refractivity contribution in [2.45, 2.75) is 69.8 Å². The minimum atomic E-state index is -1.63. The predicted molar refractivity (Wildman–Crippen MR) is 105 cm³/mol. The van der Waals surface area contributed by atoms with Gasteiger partial charge in [0.25, 0.3) is 0 Å². The van der Waals surface area contributed by atoms with Gasteiger partial charge in [-0.1, -0.05) is 6.42 Å². The third-order valence-corrected chi connectivity index (χ3v) is 4.14. The lowest BCUT2D eigenvalue weighted by molar-refractivity contribution is -0.144. The van der Waals surface area contributed by atoms with Crippen LogP contribution in [0, 0.1) is 0 Å². The Labute approximate surface area is 174 Å². The first kappa shape index (κ1) is 27.2. The van der Waals surface area contributed by atoms with E-state index in [0.29, 0.717) is 25.8 Å². The fraction of sp³-hybridized carbons (Fsp3) is 0.706. The zero-order valence-corrected chi connectivity index (χ0v) is 17.1. The molecule has 0 rings (SSSR count). The van der Waals surface area contributed by atoms with E-state index in [9.17, 15) is 29.1 Å². The summed E-state index contributed by atoms with van der Waals surface area (Å²) >= 11 is 0. The molecule has 0 aromatic rings. The van der Waals surface area contributed by atoms with E-state index in [1.807, 2.05) is 5.32 Å². The standard InChI is InChI=1S/C17H32N6O7/c1-8(21-15(27)10(19)5-3-4-6-18)14(26)23-13(9(2)24)16(28)22-11(17(29)30)7-12(20)25/h8-11,13,24H,3-7,18-19H2,1-2H3,(H2,20,25)(H,21,27)(H,22,28)(H,23,26)(H,29,30)/t8-,9+,10-,11-,13-/m0/s1. The molecule has 0 spiro atoms. The van der Waals surface area contributed by atoms with Crippen LogP contribution in [-0.4, -0.2) is 76.6 Å². The zero-order valence-electron chi connectivity index (χ0n) is 17.1. The zero-order chi connectivity index (χ0) is 23.4. The van der Waals surface area contributed by atoms with E-state index >= 15 is 0 Å². The van der Waals surface area contributed by atoms with Gasteiger partial charge in [-0.2, -0.15) is 0 Å². The maximum absolute atomic E-state index is 12.3. The van der Waals surface area contributed by atoms with Crippen molar-refractivity contribution >= 4 is 29.6 Å². The van der Waals surface area contributed by atoms with Crippen LogP contribution in [0.4, 0.5) is 0 Å². The van der Waals surface area contributed by atoms with E-state index in [-0.39, 0.29) is 0 Å². The molecule has 0 aliphatic carbocycles. The molecular formula is C17H32N6O7. The number of nitrogens with one attached hydrogen (secondary N) is 3. The number of carbonyl (C=O) groups is 5. The van der Waals surface area contributed by atoms with Gasteiger partial charge in [0.15, 0.2) is 0 Å². The van der Waals surface area contributed by atoms with E-state index in [0.717, 1.165) is 0 Å². The molecule has 0 radical (unpaired) electrons. The van der Waals surface area contributed by atoms with Gasteiger partial charge in [-0.15, -0.1) is 0 Å². The van der Waals surface area contributed by atoms with Crippen LogP contribution in [0.1, 0.15) is 39.5 Å². The van der Waals surface area contributed by atoms with Gasteiger partial charge in [-0.3, -0.25) is 19.2 Å². The molecule has 0 aromatic carbocycles. The van der Waals surface area contributed by atoms with Crippen molar-refractivity contribution in [3.05, 3.63) is 0 Å². The molecule has 172 valence electrons.